The summed E-state index contributed by atoms with van der Waals surface area (Å²) in [6.07, 6.45) is 0.563. The SMILES string of the molecule is CC[C@H](N)C(=O)Nc1cccc(N(CC(N)=O)Cc2ccccc2)c1. The molecule has 0 bridgehead atoms. The highest BCUT2D eigenvalue weighted by Gasteiger charge is 2.14. The monoisotopic (exact) mass is 340 g/mol. The van der Waals surface area contributed by atoms with Gasteiger partial charge >= 0.3 is 0 Å². The molecular formula is C19H24N4O2. The predicted molar refractivity (Wildman–Crippen MR) is 100 cm³/mol. The summed E-state index contributed by atoms with van der Waals surface area (Å²) in [5.41, 5.74) is 13.6. The fraction of sp³-hybridized carbons (Fsp3) is 0.263. The number of carbonyl (C=O) groups excluding carboxylic acids is 2. The Kier molecular flexibility index (Phi) is 6.54. The summed E-state index contributed by atoms with van der Waals surface area (Å²) in [5.74, 6) is -0.650. The van der Waals surface area contributed by atoms with E-state index in [1.807, 2.05) is 60.4 Å². The van der Waals surface area contributed by atoms with Crippen LogP contribution in [0.5, 0.6) is 0 Å². The zero-order valence-corrected chi connectivity index (χ0v) is 14.3. The van der Waals surface area contributed by atoms with Crippen LogP contribution < -0.4 is 21.7 Å². The number of nitrogens with one attached hydrogen (secondary N) is 1. The van der Waals surface area contributed by atoms with Gasteiger partial charge in [-0.3, -0.25) is 9.59 Å². The Hall–Kier alpha value is -2.86. The van der Waals surface area contributed by atoms with Crippen molar-refractivity contribution in [2.24, 2.45) is 11.5 Å². The smallest absolute Gasteiger partial charge is 0.241 e. The maximum absolute atomic E-state index is 12.0. The Morgan fingerprint density at radius 3 is 2.48 bits per heavy atom. The third-order valence-electron chi connectivity index (χ3n) is 3.82. The second kappa shape index (κ2) is 8.84. The van der Waals surface area contributed by atoms with E-state index >= 15 is 0 Å². The molecule has 132 valence electrons. The number of nitrogens with zero attached hydrogens (tertiary/aromatic N) is 1. The van der Waals surface area contributed by atoms with Gasteiger partial charge in [-0.2, -0.15) is 0 Å². The molecule has 2 amide bonds. The van der Waals surface area contributed by atoms with Crippen molar-refractivity contribution >= 4 is 23.2 Å². The summed E-state index contributed by atoms with van der Waals surface area (Å²) < 4.78 is 0. The lowest BCUT2D eigenvalue weighted by molar-refractivity contribution is -0.118. The van der Waals surface area contributed by atoms with Crippen LogP contribution in [-0.2, 0) is 16.1 Å². The standard InChI is InChI=1S/C19H24N4O2/c1-2-17(20)19(25)22-15-9-6-10-16(11-15)23(13-18(21)24)12-14-7-4-3-5-8-14/h3-11,17H,2,12-13,20H2,1H3,(H2,21,24)(H,22,25)/t17-/m0/s1. The van der Waals surface area contributed by atoms with E-state index in [2.05, 4.69) is 5.32 Å². The summed E-state index contributed by atoms with van der Waals surface area (Å²) in [6, 6.07) is 16.6. The Labute approximate surface area is 147 Å². The van der Waals surface area contributed by atoms with Gasteiger partial charge in [-0.15, -0.1) is 0 Å². The third-order valence-corrected chi connectivity index (χ3v) is 3.82. The molecule has 2 rings (SSSR count). The molecule has 0 saturated carbocycles. The molecule has 0 aromatic heterocycles. The Morgan fingerprint density at radius 2 is 1.84 bits per heavy atom. The van der Waals surface area contributed by atoms with Crippen molar-refractivity contribution in [3.63, 3.8) is 0 Å². The third kappa shape index (κ3) is 5.61. The molecule has 1 atom stereocenters. The summed E-state index contributed by atoms with van der Waals surface area (Å²) in [5, 5.41) is 2.80. The molecule has 0 heterocycles. The molecular weight excluding hydrogens is 316 g/mol. The average Bonchev–Trinajstić information content (AvgIpc) is 2.61. The molecule has 2 aromatic carbocycles. The van der Waals surface area contributed by atoms with Crippen LogP contribution in [0.3, 0.4) is 0 Å². The molecule has 0 fully saturated rings. The Balaban J connectivity index is 2.20. The number of hydrogen-bond acceptors (Lipinski definition) is 4. The van der Waals surface area contributed by atoms with Crippen LogP contribution in [-0.4, -0.2) is 24.4 Å². The number of primary amides is 1. The van der Waals surface area contributed by atoms with E-state index in [-0.39, 0.29) is 12.5 Å². The highest BCUT2D eigenvalue weighted by atomic mass is 16.2. The van der Waals surface area contributed by atoms with Crippen LogP contribution in [0.2, 0.25) is 0 Å². The van der Waals surface area contributed by atoms with Crippen LogP contribution in [0, 0.1) is 0 Å². The molecule has 6 heteroatoms. The van der Waals surface area contributed by atoms with Gasteiger partial charge in [0.1, 0.15) is 0 Å². The fourth-order valence-corrected chi connectivity index (χ4v) is 2.43. The van der Waals surface area contributed by atoms with E-state index in [0.717, 1.165) is 11.3 Å². The van der Waals surface area contributed by atoms with Gasteiger partial charge in [-0.25, -0.2) is 0 Å². The van der Waals surface area contributed by atoms with Crippen molar-refractivity contribution in [2.75, 3.05) is 16.8 Å². The molecule has 0 saturated heterocycles. The number of amides is 2. The normalized spacial score (nSPS) is 11.6. The lowest BCUT2D eigenvalue weighted by atomic mass is 10.1. The molecule has 2 aromatic rings. The lowest BCUT2D eigenvalue weighted by Crippen LogP contribution is -2.35. The van der Waals surface area contributed by atoms with E-state index < -0.39 is 11.9 Å². The number of rotatable bonds is 8. The van der Waals surface area contributed by atoms with Gasteiger partial charge in [0.25, 0.3) is 0 Å². The highest BCUT2D eigenvalue weighted by Crippen LogP contribution is 2.21. The van der Waals surface area contributed by atoms with Gasteiger partial charge in [0.05, 0.1) is 12.6 Å². The molecule has 0 spiro atoms. The summed E-state index contributed by atoms with van der Waals surface area (Å²) in [6.45, 7) is 2.48. The van der Waals surface area contributed by atoms with Gasteiger partial charge in [0.15, 0.2) is 0 Å². The summed E-state index contributed by atoms with van der Waals surface area (Å²) >= 11 is 0. The Morgan fingerprint density at radius 1 is 1.12 bits per heavy atom. The van der Waals surface area contributed by atoms with Gasteiger partial charge in [-0.05, 0) is 30.2 Å². The molecule has 0 unspecified atom stereocenters. The van der Waals surface area contributed by atoms with Gasteiger partial charge in [0.2, 0.25) is 11.8 Å². The number of carbonyl (C=O) groups is 2. The molecule has 5 N–H and O–H groups in total. The van der Waals surface area contributed by atoms with Crippen molar-refractivity contribution in [1.82, 2.24) is 0 Å². The number of hydrogen-bond donors (Lipinski definition) is 3. The first-order valence-corrected chi connectivity index (χ1v) is 8.23. The maximum Gasteiger partial charge on any atom is 0.241 e. The van der Waals surface area contributed by atoms with Crippen molar-refractivity contribution in [3.8, 4) is 0 Å². The van der Waals surface area contributed by atoms with Gasteiger partial charge in [-0.1, -0.05) is 43.3 Å². The van der Waals surface area contributed by atoms with Gasteiger partial charge in [0, 0.05) is 17.9 Å². The van der Waals surface area contributed by atoms with Gasteiger partial charge < -0.3 is 21.7 Å². The van der Waals surface area contributed by atoms with E-state index in [4.69, 9.17) is 11.5 Å². The number of nitrogens with two attached hydrogens (primary N) is 2. The van der Waals surface area contributed by atoms with Crippen LogP contribution in [0.4, 0.5) is 11.4 Å². The summed E-state index contributed by atoms with van der Waals surface area (Å²) in [4.78, 5) is 25.3. The first-order valence-electron chi connectivity index (χ1n) is 8.23. The molecule has 6 nitrogen and oxygen atoms in total. The van der Waals surface area contributed by atoms with Crippen molar-refractivity contribution in [2.45, 2.75) is 25.9 Å². The zero-order chi connectivity index (χ0) is 18.2. The molecule has 0 radical (unpaired) electrons. The Bertz CT molecular complexity index is 718. The van der Waals surface area contributed by atoms with Crippen molar-refractivity contribution in [3.05, 3.63) is 60.2 Å². The number of anilines is 2. The molecule has 0 aliphatic carbocycles. The highest BCUT2D eigenvalue weighted by molar-refractivity contribution is 5.95. The largest absolute Gasteiger partial charge is 0.368 e. The minimum atomic E-state index is -0.547. The second-order valence-electron chi connectivity index (χ2n) is 5.86. The molecule has 0 aliphatic rings. The van der Waals surface area contributed by atoms with Crippen LogP contribution in [0.1, 0.15) is 18.9 Å². The maximum atomic E-state index is 12.0. The lowest BCUT2D eigenvalue weighted by Gasteiger charge is -2.24. The first-order chi connectivity index (χ1) is 12.0. The van der Waals surface area contributed by atoms with E-state index in [9.17, 15) is 9.59 Å². The topological polar surface area (TPSA) is 101 Å². The first kappa shape index (κ1) is 18.5. The molecule has 25 heavy (non-hydrogen) atoms. The second-order valence-corrected chi connectivity index (χ2v) is 5.86. The fourth-order valence-electron chi connectivity index (χ4n) is 2.43. The van der Waals surface area contributed by atoms with Crippen LogP contribution in [0.25, 0.3) is 0 Å². The van der Waals surface area contributed by atoms with Crippen LogP contribution >= 0.6 is 0 Å². The molecule has 0 aliphatic heterocycles. The zero-order valence-electron chi connectivity index (χ0n) is 14.3. The van der Waals surface area contributed by atoms with Crippen molar-refractivity contribution < 1.29 is 9.59 Å². The summed E-state index contributed by atoms with van der Waals surface area (Å²) in [7, 11) is 0. The minimum absolute atomic E-state index is 0.0841. The van der Waals surface area contributed by atoms with E-state index in [0.29, 0.717) is 18.7 Å². The van der Waals surface area contributed by atoms with Crippen LogP contribution in [0.15, 0.2) is 54.6 Å². The van der Waals surface area contributed by atoms with E-state index in [1.165, 1.54) is 0 Å². The van der Waals surface area contributed by atoms with E-state index in [1.54, 1.807) is 6.07 Å². The average molecular weight is 340 g/mol. The van der Waals surface area contributed by atoms with Crippen molar-refractivity contribution in [1.29, 1.82) is 0 Å². The number of benzene rings is 2. The minimum Gasteiger partial charge on any atom is -0.368 e. The predicted octanol–water partition coefficient (Wildman–Crippen LogP) is 1.85. The quantitative estimate of drug-likeness (QED) is 0.682.